The van der Waals surface area contributed by atoms with Crippen LogP contribution in [0.1, 0.15) is 15.2 Å². The molecule has 0 aliphatic carbocycles. The Morgan fingerprint density at radius 1 is 1.17 bits per heavy atom. The molecule has 23 heavy (non-hydrogen) atoms. The first-order chi connectivity index (χ1) is 11.1. The fourth-order valence-corrected chi connectivity index (χ4v) is 3.34. The molecule has 0 unspecified atom stereocenters. The summed E-state index contributed by atoms with van der Waals surface area (Å²) in [6, 6.07) is 15.7. The Kier molecular flexibility index (Phi) is 4.69. The third kappa shape index (κ3) is 3.94. The average molecular weight is 329 g/mol. The van der Waals surface area contributed by atoms with Gasteiger partial charge >= 0.3 is 0 Å². The highest BCUT2D eigenvalue weighted by Crippen LogP contribution is 2.26. The lowest BCUT2D eigenvalue weighted by molar-refractivity contribution is 0.0920. The summed E-state index contributed by atoms with van der Waals surface area (Å²) in [7, 11) is 0. The predicted molar refractivity (Wildman–Crippen MR) is 90.3 cm³/mol. The molecule has 118 valence electrons. The molecule has 0 radical (unpaired) electrons. The molecule has 0 bridgehead atoms. The van der Waals surface area contributed by atoms with Crippen molar-refractivity contribution in [2.45, 2.75) is 12.5 Å². The zero-order valence-electron chi connectivity index (χ0n) is 12.3. The SMILES string of the molecule is O=C(NC[C@@H](O)Cc1ccccc1)c1cc2cc(F)ccc2s1. The minimum absolute atomic E-state index is 0.177. The Hall–Kier alpha value is -2.24. The number of aliphatic hydroxyl groups excluding tert-OH is 1. The van der Waals surface area contributed by atoms with E-state index >= 15 is 0 Å². The number of hydrogen-bond acceptors (Lipinski definition) is 3. The maximum absolute atomic E-state index is 13.2. The van der Waals surface area contributed by atoms with Crippen molar-refractivity contribution >= 4 is 27.3 Å². The van der Waals surface area contributed by atoms with E-state index in [1.54, 1.807) is 12.1 Å². The molecule has 0 aliphatic heterocycles. The number of hydrogen-bond donors (Lipinski definition) is 2. The van der Waals surface area contributed by atoms with Crippen LogP contribution in [0.3, 0.4) is 0 Å². The Balaban J connectivity index is 1.59. The van der Waals surface area contributed by atoms with Crippen molar-refractivity contribution in [2.75, 3.05) is 6.54 Å². The molecule has 1 amide bonds. The molecule has 1 atom stereocenters. The quantitative estimate of drug-likeness (QED) is 0.754. The van der Waals surface area contributed by atoms with Crippen molar-refractivity contribution < 1.29 is 14.3 Å². The summed E-state index contributed by atoms with van der Waals surface area (Å²) in [6.45, 7) is 0.177. The summed E-state index contributed by atoms with van der Waals surface area (Å²) in [5.74, 6) is -0.570. The van der Waals surface area contributed by atoms with Crippen LogP contribution < -0.4 is 5.32 Å². The zero-order chi connectivity index (χ0) is 16.2. The zero-order valence-corrected chi connectivity index (χ0v) is 13.1. The molecule has 0 saturated heterocycles. The maximum atomic E-state index is 13.2. The molecule has 0 fully saturated rings. The van der Waals surface area contributed by atoms with E-state index in [4.69, 9.17) is 0 Å². The summed E-state index contributed by atoms with van der Waals surface area (Å²) >= 11 is 1.31. The molecule has 0 aliphatic rings. The Labute approximate surface area is 137 Å². The van der Waals surface area contributed by atoms with Gasteiger partial charge in [0.05, 0.1) is 11.0 Å². The van der Waals surface area contributed by atoms with Crippen molar-refractivity contribution in [2.24, 2.45) is 0 Å². The number of nitrogens with one attached hydrogen (secondary N) is 1. The average Bonchev–Trinajstić information content (AvgIpc) is 2.96. The lowest BCUT2D eigenvalue weighted by Gasteiger charge is -2.11. The lowest BCUT2D eigenvalue weighted by atomic mass is 10.1. The van der Waals surface area contributed by atoms with Crippen LogP contribution in [-0.2, 0) is 6.42 Å². The van der Waals surface area contributed by atoms with E-state index in [9.17, 15) is 14.3 Å². The van der Waals surface area contributed by atoms with Crippen LogP contribution in [0.4, 0.5) is 4.39 Å². The third-order valence-corrected chi connectivity index (χ3v) is 4.63. The van der Waals surface area contributed by atoms with E-state index < -0.39 is 6.10 Å². The monoisotopic (exact) mass is 329 g/mol. The predicted octanol–water partition coefficient (Wildman–Crippen LogP) is 3.37. The van der Waals surface area contributed by atoms with E-state index in [0.29, 0.717) is 16.7 Å². The summed E-state index contributed by atoms with van der Waals surface area (Å²) in [5, 5.41) is 13.4. The molecule has 2 N–H and O–H groups in total. The van der Waals surface area contributed by atoms with Gasteiger partial charge in [-0.15, -0.1) is 11.3 Å². The molecule has 3 nitrogen and oxygen atoms in total. The molecule has 0 saturated carbocycles. The number of amides is 1. The van der Waals surface area contributed by atoms with E-state index in [1.165, 1.54) is 23.5 Å². The van der Waals surface area contributed by atoms with Crippen molar-refractivity contribution in [1.29, 1.82) is 0 Å². The molecule has 1 heterocycles. The number of carbonyl (C=O) groups excluding carboxylic acids is 1. The molecule has 3 rings (SSSR count). The fraction of sp³-hybridized carbons (Fsp3) is 0.167. The third-order valence-electron chi connectivity index (χ3n) is 3.51. The van der Waals surface area contributed by atoms with Crippen LogP contribution in [-0.4, -0.2) is 23.7 Å². The molecular weight excluding hydrogens is 313 g/mol. The Morgan fingerprint density at radius 3 is 2.74 bits per heavy atom. The standard InChI is InChI=1S/C18H16FNO2S/c19-14-6-7-16-13(9-14)10-17(23-16)18(22)20-11-15(21)8-12-4-2-1-3-5-12/h1-7,9-10,15,21H,8,11H2,(H,20,22)/t15-/m0/s1. The highest BCUT2D eigenvalue weighted by molar-refractivity contribution is 7.20. The van der Waals surface area contributed by atoms with Crippen molar-refractivity contribution in [3.8, 4) is 0 Å². The number of rotatable bonds is 5. The van der Waals surface area contributed by atoms with Crippen molar-refractivity contribution in [1.82, 2.24) is 5.32 Å². The van der Waals surface area contributed by atoms with Gasteiger partial charge in [0.1, 0.15) is 5.82 Å². The molecule has 1 aromatic heterocycles. The minimum atomic E-state index is -0.645. The second-order valence-corrected chi connectivity index (χ2v) is 6.43. The van der Waals surface area contributed by atoms with Gasteiger partial charge in [-0.05, 0) is 35.2 Å². The Morgan fingerprint density at radius 2 is 1.96 bits per heavy atom. The molecule has 0 spiro atoms. The van der Waals surface area contributed by atoms with Crippen molar-refractivity contribution in [3.63, 3.8) is 0 Å². The van der Waals surface area contributed by atoms with Crippen LogP contribution in [0, 0.1) is 5.82 Å². The first-order valence-electron chi connectivity index (χ1n) is 7.31. The van der Waals surface area contributed by atoms with Gasteiger partial charge in [-0.1, -0.05) is 30.3 Å². The minimum Gasteiger partial charge on any atom is -0.391 e. The van der Waals surface area contributed by atoms with Crippen LogP contribution in [0.2, 0.25) is 0 Å². The van der Waals surface area contributed by atoms with Crippen molar-refractivity contribution in [3.05, 3.63) is 70.9 Å². The van der Waals surface area contributed by atoms with E-state index in [2.05, 4.69) is 5.32 Å². The molecule has 2 aromatic carbocycles. The van der Waals surface area contributed by atoms with Crippen LogP contribution in [0.25, 0.3) is 10.1 Å². The highest BCUT2D eigenvalue weighted by atomic mass is 32.1. The fourth-order valence-electron chi connectivity index (χ4n) is 2.38. The van der Waals surface area contributed by atoms with Gasteiger partial charge in [-0.2, -0.15) is 0 Å². The number of thiophene rings is 1. The first-order valence-corrected chi connectivity index (χ1v) is 8.13. The number of halogens is 1. The summed E-state index contributed by atoms with van der Waals surface area (Å²) in [4.78, 5) is 12.7. The summed E-state index contributed by atoms with van der Waals surface area (Å²) in [5.41, 5.74) is 1.02. The number of fused-ring (bicyclic) bond motifs is 1. The second kappa shape index (κ2) is 6.89. The van der Waals surface area contributed by atoms with E-state index in [0.717, 1.165) is 10.3 Å². The van der Waals surface area contributed by atoms with E-state index in [1.807, 2.05) is 30.3 Å². The normalized spacial score (nSPS) is 12.3. The highest BCUT2D eigenvalue weighted by Gasteiger charge is 2.13. The summed E-state index contributed by atoms with van der Waals surface area (Å²) < 4.78 is 14.0. The summed E-state index contributed by atoms with van der Waals surface area (Å²) in [6.07, 6.45) is -0.160. The van der Waals surface area contributed by atoms with E-state index in [-0.39, 0.29) is 18.3 Å². The van der Waals surface area contributed by atoms with Crippen LogP contribution in [0.15, 0.2) is 54.6 Å². The molecule has 3 aromatic rings. The van der Waals surface area contributed by atoms with Gasteiger partial charge in [0, 0.05) is 17.7 Å². The topological polar surface area (TPSA) is 49.3 Å². The van der Waals surface area contributed by atoms with Crippen LogP contribution in [0.5, 0.6) is 0 Å². The van der Waals surface area contributed by atoms with Crippen LogP contribution >= 0.6 is 11.3 Å². The number of benzene rings is 2. The Bertz CT molecular complexity index is 816. The van der Waals surface area contributed by atoms with Gasteiger partial charge in [-0.25, -0.2) is 4.39 Å². The number of aliphatic hydroxyl groups is 1. The largest absolute Gasteiger partial charge is 0.391 e. The van der Waals surface area contributed by atoms with Gasteiger partial charge in [0.25, 0.3) is 5.91 Å². The lowest BCUT2D eigenvalue weighted by Crippen LogP contribution is -2.32. The first kappa shape index (κ1) is 15.6. The van der Waals surface area contributed by atoms with Gasteiger partial charge in [-0.3, -0.25) is 4.79 Å². The maximum Gasteiger partial charge on any atom is 0.261 e. The number of carbonyl (C=O) groups is 1. The molecule has 5 heteroatoms. The van der Waals surface area contributed by atoms with Gasteiger partial charge < -0.3 is 10.4 Å². The smallest absolute Gasteiger partial charge is 0.261 e. The van der Waals surface area contributed by atoms with Gasteiger partial charge in [0.15, 0.2) is 0 Å². The van der Waals surface area contributed by atoms with Gasteiger partial charge in [0.2, 0.25) is 0 Å². The molecular formula is C18H16FNO2S. The second-order valence-electron chi connectivity index (χ2n) is 5.35.